The van der Waals surface area contributed by atoms with Gasteiger partial charge < -0.3 is 4.42 Å². The van der Waals surface area contributed by atoms with E-state index >= 15 is 0 Å². The summed E-state index contributed by atoms with van der Waals surface area (Å²) < 4.78 is 33.0. The highest BCUT2D eigenvalue weighted by Crippen LogP contribution is 2.37. The Balaban J connectivity index is 1.49. The maximum absolute atomic E-state index is 12.7. The van der Waals surface area contributed by atoms with Crippen LogP contribution in [0.5, 0.6) is 0 Å². The number of sulfonamides is 1. The second-order valence-electron chi connectivity index (χ2n) is 6.48. The lowest BCUT2D eigenvalue weighted by Crippen LogP contribution is -2.13. The molecule has 3 aromatic carbocycles. The second kappa shape index (κ2) is 5.59. The number of anilines is 1. The van der Waals surface area contributed by atoms with Gasteiger partial charge in [-0.1, -0.05) is 30.3 Å². The number of oxazole rings is 1. The number of benzene rings is 3. The molecule has 0 aliphatic heterocycles. The van der Waals surface area contributed by atoms with E-state index in [1.807, 2.05) is 24.3 Å². The van der Waals surface area contributed by atoms with E-state index in [1.165, 1.54) is 29.3 Å². The summed E-state index contributed by atoms with van der Waals surface area (Å²) in [6.07, 6.45) is 0.779. The van der Waals surface area contributed by atoms with Gasteiger partial charge in [0, 0.05) is 11.8 Å². The van der Waals surface area contributed by atoms with Crippen molar-refractivity contribution in [1.82, 2.24) is 4.98 Å². The van der Waals surface area contributed by atoms with Gasteiger partial charge in [0.15, 0.2) is 5.58 Å². The highest BCUT2D eigenvalue weighted by Gasteiger charge is 2.20. The van der Waals surface area contributed by atoms with Crippen LogP contribution < -0.4 is 10.5 Å². The van der Waals surface area contributed by atoms with Crippen molar-refractivity contribution in [2.75, 3.05) is 4.72 Å². The standard InChI is InChI=1S/C20H14N2O4S/c23-20-21-18-8-6-15(11-19(18)26-20)27(24,25)22-14-5-7-17-13(10-14)9-12-3-1-2-4-16(12)17/h1-8,10-11,22H,9H2,(H,21,23). The van der Waals surface area contributed by atoms with Crippen molar-refractivity contribution in [2.45, 2.75) is 11.3 Å². The van der Waals surface area contributed by atoms with Crippen molar-refractivity contribution in [3.8, 4) is 11.1 Å². The molecule has 134 valence electrons. The minimum atomic E-state index is -3.81. The quantitative estimate of drug-likeness (QED) is 0.503. The maximum atomic E-state index is 12.7. The average Bonchev–Trinajstić information content (AvgIpc) is 3.19. The van der Waals surface area contributed by atoms with Gasteiger partial charge in [-0.15, -0.1) is 0 Å². The van der Waals surface area contributed by atoms with E-state index in [-0.39, 0.29) is 10.5 Å². The highest BCUT2D eigenvalue weighted by atomic mass is 32.2. The van der Waals surface area contributed by atoms with Crippen LogP contribution in [0.4, 0.5) is 5.69 Å². The van der Waals surface area contributed by atoms with Gasteiger partial charge in [0.25, 0.3) is 10.0 Å². The first-order chi connectivity index (χ1) is 13.0. The Morgan fingerprint density at radius 3 is 2.63 bits per heavy atom. The molecule has 4 aromatic rings. The highest BCUT2D eigenvalue weighted by molar-refractivity contribution is 7.92. The second-order valence-corrected chi connectivity index (χ2v) is 8.17. The number of hydrogen-bond donors (Lipinski definition) is 2. The van der Waals surface area contributed by atoms with E-state index in [0.29, 0.717) is 11.2 Å². The minimum absolute atomic E-state index is 0.0292. The SMILES string of the molecule is O=c1[nH]c2ccc(S(=O)(=O)Nc3ccc4c(c3)Cc3ccccc3-4)cc2o1. The molecule has 5 rings (SSSR count). The molecular weight excluding hydrogens is 364 g/mol. The van der Waals surface area contributed by atoms with Crippen LogP contribution in [0.2, 0.25) is 0 Å². The Labute approximate surface area is 154 Å². The first kappa shape index (κ1) is 15.9. The summed E-state index contributed by atoms with van der Waals surface area (Å²) in [6.45, 7) is 0. The number of hydrogen-bond acceptors (Lipinski definition) is 4. The summed E-state index contributed by atoms with van der Waals surface area (Å²) in [7, 11) is -3.81. The van der Waals surface area contributed by atoms with Crippen LogP contribution in [-0.2, 0) is 16.4 Å². The van der Waals surface area contributed by atoms with Crippen molar-refractivity contribution in [1.29, 1.82) is 0 Å². The van der Waals surface area contributed by atoms with Crippen LogP contribution in [0.15, 0.2) is 74.8 Å². The summed E-state index contributed by atoms with van der Waals surface area (Å²) in [4.78, 5) is 13.8. The molecule has 0 fully saturated rings. The van der Waals surface area contributed by atoms with Crippen molar-refractivity contribution in [3.05, 3.63) is 82.3 Å². The molecular formula is C20H14N2O4S. The number of nitrogens with one attached hydrogen (secondary N) is 2. The number of aromatic nitrogens is 1. The summed E-state index contributed by atoms with van der Waals surface area (Å²) in [5.41, 5.74) is 5.79. The van der Waals surface area contributed by atoms with Gasteiger partial charge in [0.1, 0.15) is 0 Å². The van der Waals surface area contributed by atoms with E-state index in [0.717, 1.165) is 17.5 Å². The fraction of sp³-hybridized carbons (Fsp3) is 0.0500. The zero-order valence-electron chi connectivity index (χ0n) is 14.0. The number of fused-ring (bicyclic) bond motifs is 4. The predicted octanol–water partition coefficient (Wildman–Crippen LogP) is 3.49. The number of aromatic amines is 1. The van der Waals surface area contributed by atoms with Crippen LogP contribution in [0.25, 0.3) is 22.2 Å². The largest absolute Gasteiger partial charge is 0.417 e. The fourth-order valence-corrected chi connectivity index (χ4v) is 4.58. The lowest BCUT2D eigenvalue weighted by Gasteiger charge is -2.10. The van der Waals surface area contributed by atoms with Crippen molar-refractivity contribution in [3.63, 3.8) is 0 Å². The van der Waals surface area contributed by atoms with Gasteiger partial charge in [-0.3, -0.25) is 9.71 Å². The summed E-state index contributed by atoms with van der Waals surface area (Å²) in [5, 5.41) is 0. The van der Waals surface area contributed by atoms with Gasteiger partial charge in [-0.25, -0.2) is 13.2 Å². The summed E-state index contributed by atoms with van der Waals surface area (Å²) in [5.74, 6) is -0.620. The Hall–Kier alpha value is -3.32. The lowest BCUT2D eigenvalue weighted by atomic mass is 10.1. The zero-order chi connectivity index (χ0) is 18.6. The molecule has 0 saturated carbocycles. The van der Waals surface area contributed by atoms with Crippen molar-refractivity contribution < 1.29 is 12.8 Å². The van der Waals surface area contributed by atoms with Crippen molar-refractivity contribution in [2.24, 2.45) is 0 Å². The number of rotatable bonds is 3. The Bertz CT molecular complexity index is 1370. The van der Waals surface area contributed by atoms with Crippen LogP contribution in [0.3, 0.4) is 0 Å². The Morgan fingerprint density at radius 1 is 0.926 bits per heavy atom. The van der Waals surface area contributed by atoms with Gasteiger partial charge in [-0.2, -0.15) is 0 Å². The topological polar surface area (TPSA) is 92.2 Å². The van der Waals surface area contributed by atoms with Gasteiger partial charge >= 0.3 is 5.76 Å². The van der Waals surface area contributed by atoms with Crippen LogP contribution >= 0.6 is 0 Å². The van der Waals surface area contributed by atoms with Gasteiger partial charge in [0.05, 0.1) is 10.4 Å². The molecule has 0 radical (unpaired) electrons. The predicted molar refractivity (Wildman–Crippen MR) is 102 cm³/mol. The maximum Gasteiger partial charge on any atom is 0.417 e. The zero-order valence-corrected chi connectivity index (χ0v) is 14.8. The molecule has 0 bridgehead atoms. The molecule has 0 saturated heterocycles. The molecule has 27 heavy (non-hydrogen) atoms. The molecule has 0 spiro atoms. The minimum Gasteiger partial charge on any atom is -0.408 e. The summed E-state index contributed by atoms with van der Waals surface area (Å²) >= 11 is 0. The Kier molecular flexibility index (Phi) is 3.29. The van der Waals surface area contributed by atoms with E-state index in [2.05, 4.69) is 21.8 Å². The van der Waals surface area contributed by atoms with Crippen molar-refractivity contribution >= 4 is 26.8 Å². The molecule has 0 amide bonds. The average molecular weight is 378 g/mol. The molecule has 2 N–H and O–H groups in total. The first-order valence-electron chi connectivity index (χ1n) is 8.36. The van der Waals surface area contributed by atoms with Gasteiger partial charge in [-0.05, 0) is 52.9 Å². The van der Waals surface area contributed by atoms with E-state index in [1.54, 1.807) is 6.07 Å². The van der Waals surface area contributed by atoms with Crippen LogP contribution in [0, 0.1) is 0 Å². The Morgan fingerprint density at radius 2 is 1.74 bits per heavy atom. The third kappa shape index (κ3) is 2.63. The van der Waals surface area contributed by atoms with Crippen LogP contribution in [-0.4, -0.2) is 13.4 Å². The first-order valence-corrected chi connectivity index (χ1v) is 9.85. The fourth-order valence-electron chi connectivity index (χ4n) is 3.52. The molecule has 1 aliphatic rings. The smallest absolute Gasteiger partial charge is 0.408 e. The van der Waals surface area contributed by atoms with E-state index in [4.69, 9.17) is 4.42 Å². The van der Waals surface area contributed by atoms with E-state index in [9.17, 15) is 13.2 Å². The molecule has 0 unspecified atom stereocenters. The van der Waals surface area contributed by atoms with Crippen LogP contribution in [0.1, 0.15) is 11.1 Å². The molecule has 1 aromatic heterocycles. The van der Waals surface area contributed by atoms with Gasteiger partial charge in [0.2, 0.25) is 0 Å². The lowest BCUT2D eigenvalue weighted by molar-refractivity contribution is 0.554. The monoisotopic (exact) mass is 378 g/mol. The normalized spacial score (nSPS) is 12.7. The third-order valence-corrected chi connectivity index (χ3v) is 6.13. The molecule has 6 nitrogen and oxygen atoms in total. The summed E-state index contributed by atoms with van der Waals surface area (Å²) in [6, 6.07) is 18.0. The third-order valence-electron chi connectivity index (χ3n) is 4.75. The molecule has 0 atom stereocenters. The molecule has 1 aliphatic carbocycles. The number of H-pyrrole nitrogens is 1. The van der Waals surface area contributed by atoms with E-state index < -0.39 is 15.8 Å². The molecule has 1 heterocycles. The molecule has 7 heteroatoms.